The SMILES string of the molecule is C=CCc1cc(/C=C/C(=O)C=C(O)/C=C/c2cc(CC=C(C)C)c(O)c(OC)c2)cc(OC)c1O. The van der Waals surface area contributed by atoms with E-state index in [0.717, 1.165) is 11.6 Å². The maximum atomic E-state index is 12.3. The molecule has 0 heterocycles. The topological polar surface area (TPSA) is 96.2 Å². The maximum absolute atomic E-state index is 12.3. The Bertz CT molecular complexity index is 1190. The summed E-state index contributed by atoms with van der Waals surface area (Å²) in [6, 6.07) is 6.78. The van der Waals surface area contributed by atoms with Crippen molar-refractivity contribution in [1.82, 2.24) is 0 Å². The van der Waals surface area contributed by atoms with Crippen LogP contribution < -0.4 is 9.47 Å². The number of aromatic hydroxyl groups is 2. The molecule has 6 nitrogen and oxygen atoms in total. The van der Waals surface area contributed by atoms with Gasteiger partial charge in [0.2, 0.25) is 0 Å². The monoisotopic (exact) mass is 476 g/mol. The first-order valence-corrected chi connectivity index (χ1v) is 11.0. The molecular formula is C29H32O6. The number of ether oxygens (including phenoxy) is 2. The molecule has 0 aliphatic rings. The average Bonchev–Trinajstić information content (AvgIpc) is 2.82. The lowest BCUT2D eigenvalue weighted by Crippen LogP contribution is -1.92. The van der Waals surface area contributed by atoms with Crippen LogP contribution in [0, 0.1) is 0 Å². The first kappa shape index (κ1) is 27.1. The Labute approximate surface area is 206 Å². The molecule has 0 amide bonds. The lowest BCUT2D eigenvalue weighted by atomic mass is 10.0. The standard InChI is InChI=1S/C29H32O6/c1-6-7-22-14-20(16-26(34-4)28(22)32)9-12-24(30)18-25(31)13-10-21-15-23(11-8-19(2)3)29(33)27(17-21)35-5/h6,8-10,12-18,31-33H,1,7,11H2,2-5H3/b12-9+,13-10+,25-18?. The van der Waals surface area contributed by atoms with Gasteiger partial charge in [0.15, 0.2) is 28.8 Å². The lowest BCUT2D eigenvalue weighted by Gasteiger charge is -2.10. The highest BCUT2D eigenvalue weighted by Crippen LogP contribution is 2.33. The summed E-state index contributed by atoms with van der Waals surface area (Å²) >= 11 is 0. The Morgan fingerprint density at radius 3 is 1.89 bits per heavy atom. The van der Waals surface area contributed by atoms with Crippen molar-refractivity contribution in [2.24, 2.45) is 0 Å². The van der Waals surface area contributed by atoms with Gasteiger partial charge < -0.3 is 24.8 Å². The molecular weight excluding hydrogens is 444 g/mol. The minimum atomic E-state index is -0.419. The number of aliphatic hydroxyl groups excluding tert-OH is 1. The predicted molar refractivity (Wildman–Crippen MR) is 140 cm³/mol. The van der Waals surface area contributed by atoms with E-state index in [0.29, 0.717) is 46.6 Å². The molecule has 0 fully saturated rings. The van der Waals surface area contributed by atoms with E-state index in [-0.39, 0.29) is 17.3 Å². The number of hydrogen-bond donors (Lipinski definition) is 3. The summed E-state index contributed by atoms with van der Waals surface area (Å²) in [4.78, 5) is 12.3. The van der Waals surface area contributed by atoms with Crippen LogP contribution in [0.2, 0.25) is 0 Å². The molecule has 2 rings (SSSR count). The number of phenolic OH excluding ortho intramolecular Hbond substituents is 2. The van der Waals surface area contributed by atoms with Crippen LogP contribution in [0.4, 0.5) is 0 Å². The van der Waals surface area contributed by atoms with E-state index in [4.69, 9.17) is 9.47 Å². The van der Waals surface area contributed by atoms with E-state index >= 15 is 0 Å². The molecule has 0 spiro atoms. The van der Waals surface area contributed by atoms with E-state index in [1.165, 1.54) is 26.4 Å². The highest BCUT2D eigenvalue weighted by Gasteiger charge is 2.10. The van der Waals surface area contributed by atoms with Crippen LogP contribution in [0.3, 0.4) is 0 Å². The fourth-order valence-corrected chi connectivity index (χ4v) is 3.26. The fraction of sp³-hybridized carbons (Fsp3) is 0.207. The molecule has 0 bridgehead atoms. The third kappa shape index (κ3) is 7.96. The fourth-order valence-electron chi connectivity index (χ4n) is 3.26. The van der Waals surface area contributed by atoms with E-state index in [9.17, 15) is 20.1 Å². The summed E-state index contributed by atoms with van der Waals surface area (Å²) in [5.74, 6) is 0.0842. The Morgan fingerprint density at radius 2 is 1.40 bits per heavy atom. The quantitative estimate of drug-likeness (QED) is 0.157. The second-order valence-corrected chi connectivity index (χ2v) is 8.08. The second-order valence-electron chi connectivity index (χ2n) is 8.08. The van der Waals surface area contributed by atoms with Gasteiger partial charge in [-0.3, -0.25) is 4.79 Å². The van der Waals surface area contributed by atoms with Crippen molar-refractivity contribution in [3.05, 3.63) is 94.8 Å². The van der Waals surface area contributed by atoms with Crippen LogP contribution in [0.25, 0.3) is 12.2 Å². The van der Waals surface area contributed by atoms with E-state index in [2.05, 4.69) is 6.58 Å². The van der Waals surface area contributed by atoms with Crippen molar-refractivity contribution < 1.29 is 29.6 Å². The third-order valence-electron chi connectivity index (χ3n) is 5.06. The van der Waals surface area contributed by atoms with Crippen LogP contribution in [0.1, 0.15) is 36.1 Å². The third-order valence-corrected chi connectivity index (χ3v) is 5.06. The normalized spacial score (nSPS) is 11.6. The number of aliphatic hydroxyl groups is 1. The van der Waals surface area contributed by atoms with Gasteiger partial charge in [-0.2, -0.15) is 0 Å². The van der Waals surface area contributed by atoms with E-state index < -0.39 is 5.78 Å². The Kier molecular flexibility index (Phi) is 9.97. The molecule has 0 unspecified atom stereocenters. The number of rotatable bonds is 11. The first-order chi connectivity index (χ1) is 16.7. The van der Waals surface area contributed by atoms with Crippen LogP contribution in [-0.4, -0.2) is 35.3 Å². The summed E-state index contributed by atoms with van der Waals surface area (Å²) in [6.45, 7) is 7.63. The lowest BCUT2D eigenvalue weighted by molar-refractivity contribution is -0.110. The molecule has 6 heteroatoms. The summed E-state index contributed by atoms with van der Waals surface area (Å²) in [5.41, 5.74) is 3.80. The molecule has 0 aromatic heterocycles. The van der Waals surface area contributed by atoms with Crippen LogP contribution in [-0.2, 0) is 17.6 Å². The Balaban J connectivity index is 2.21. The second kappa shape index (κ2) is 12.9. The van der Waals surface area contributed by atoms with Crippen molar-refractivity contribution in [2.75, 3.05) is 14.2 Å². The van der Waals surface area contributed by atoms with Gasteiger partial charge in [0, 0.05) is 17.2 Å². The van der Waals surface area contributed by atoms with Gasteiger partial charge in [-0.15, -0.1) is 6.58 Å². The molecule has 0 radical (unpaired) electrons. The zero-order chi connectivity index (χ0) is 26.0. The minimum Gasteiger partial charge on any atom is -0.508 e. The number of allylic oxidation sites excluding steroid dienone is 6. The summed E-state index contributed by atoms with van der Waals surface area (Å²) in [7, 11) is 2.92. The van der Waals surface area contributed by atoms with Gasteiger partial charge in [-0.05, 0) is 74.2 Å². The largest absolute Gasteiger partial charge is 0.508 e. The number of benzene rings is 2. The molecule has 0 aliphatic carbocycles. The zero-order valence-corrected chi connectivity index (χ0v) is 20.5. The van der Waals surface area contributed by atoms with Crippen molar-refractivity contribution in [2.45, 2.75) is 26.7 Å². The van der Waals surface area contributed by atoms with Crippen molar-refractivity contribution in [3.63, 3.8) is 0 Å². The number of carbonyl (C=O) groups excluding carboxylic acids is 1. The van der Waals surface area contributed by atoms with Gasteiger partial charge in [-0.1, -0.05) is 29.9 Å². The molecule has 0 saturated heterocycles. The van der Waals surface area contributed by atoms with Gasteiger partial charge in [-0.25, -0.2) is 0 Å². The highest BCUT2D eigenvalue weighted by molar-refractivity contribution is 6.02. The molecule has 35 heavy (non-hydrogen) atoms. The molecule has 2 aromatic carbocycles. The van der Waals surface area contributed by atoms with Crippen LogP contribution in [0.5, 0.6) is 23.0 Å². The smallest absolute Gasteiger partial charge is 0.182 e. The Morgan fingerprint density at radius 1 is 0.886 bits per heavy atom. The maximum Gasteiger partial charge on any atom is 0.182 e. The van der Waals surface area contributed by atoms with Gasteiger partial charge in [0.25, 0.3) is 0 Å². The van der Waals surface area contributed by atoms with Gasteiger partial charge in [0.1, 0.15) is 5.76 Å². The number of ketones is 1. The molecule has 0 atom stereocenters. The van der Waals surface area contributed by atoms with Gasteiger partial charge >= 0.3 is 0 Å². The van der Waals surface area contributed by atoms with Crippen molar-refractivity contribution in [3.8, 4) is 23.0 Å². The van der Waals surface area contributed by atoms with E-state index in [1.807, 2.05) is 19.9 Å². The molecule has 3 N–H and O–H groups in total. The number of phenols is 2. The highest BCUT2D eigenvalue weighted by atomic mass is 16.5. The summed E-state index contributed by atoms with van der Waals surface area (Å²) in [5, 5.41) is 30.7. The molecule has 2 aromatic rings. The zero-order valence-electron chi connectivity index (χ0n) is 20.5. The van der Waals surface area contributed by atoms with Crippen molar-refractivity contribution >= 4 is 17.9 Å². The van der Waals surface area contributed by atoms with Crippen LogP contribution in [0.15, 0.2) is 72.6 Å². The number of methoxy groups -OCH3 is 2. The minimum absolute atomic E-state index is 0.0356. The number of carbonyl (C=O) groups is 1. The van der Waals surface area contributed by atoms with E-state index in [1.54, 1.807) is 42.5 Å². The summed E-state index contributed by atoms with van der Waals surface area (Å²) < 4.78 is 10.4. The molecule has 0 aliphatic heterocycles. The van der Waals surface area contributed by atoms with Crippen LogP contribution >= 0.6 is 0 Å². The predicted octanol–water partition coefficient (Wildman–Crippen LogP) is 6.09. The number of hydrogen-bond acceptors (Lipinski definition) is 6. The first-order valence-electron chi connectivity index (χ1n) is 11.0. The van der Waals surface area contributed by atoms with Crippen molar-refractivity contribution in [1.29, 1.82) is 0 Å². The summed E-state index contributed by atoms with van der Waals surface area (Å²) in [6.07, 6.45) is 11.6. The molecule has 0 saturated carbocycles. The Hall–Kier alpha value is -4.19. The molecule has 184 valence electrons. The average molecular weight is 477 g/mol. The van der Waals surface area contributed by atoms with Gasteiger partial charge in [0.05, 0.1) is 14.2 Å².